The zero-order valence-electron chi connectivity index (χ0n) is 8.42. The summed E-state index contributed by atoms with van der Waals surface area (Å²) < 4.78 is 0. The van der Waals surface area contributed by atoms with E-state index in [-0.39, 0.29) is 0 Å². The third-order valence-corrected chi connectivity index (χ3v) is 3.15. The highest BCUT2D eigenvalue weighted by molar-refractivity contribution is 4.95. The molecule has 2 heterocycles. The first-order valence-electron chi connectivity index (χ1n) is 5.34. The molecule has 0 aromatic carbocycles. The molecule has 13 heavy (non-hydrogen) atoms. The molecular weight excluding hydrogens is 164 g/mol. The monoisotopic (exact) mass is 184 g/mol. The maximum absolute atomic E-state index is 9.63. The van der Waals surface area contributed by atoms with Crippen molar-refractivity contribution in [3.63, 3.8) is 0 Å². The smallest absolute Gasteiger partial charge is 0.0872 e. The van der Waals surface area contributed by atoms with Gasteiger partial charge in [0.15, 0.2) is 0 Å². The maximum atomic E-state index is 9.63. The van der Waals surface area contributed by atoms with Gasteiger partial charge < -0.3 is 10.4 Å². The summed E-state index contributed by atoms with van der Waals surface area (Å²) in [6, 6.07) is 0.718. The van der Waals surface area contributed by atoms with Crippen LogP contribution in [0.5, 0.6) is 0 Å². The van der Waals surface area contributed by atoms with Crippen LogP contribution in [0.4, 0.5) is 0 Å². The van der Waals surface area contributed by atoms with Gasteiger partial charge in [0.05, 0.1) is 5.60 Å². The van der Waals surface area contributed by atoms with Crippen LogP contribution in [0.25, 0.3) is 0 Å². The molecule has 0 saturated carbocycles. The van der Waals surface area contributed by atoms with Crippen molar-refractivity contribution in [2.75, 3.05) is 26.2 Å². The predicted octanol–water partition coefficient (Wildman–Crippen LogP) is 0.195. The van der Waals surface area contributed by atoms with E-state index in [4.69, 9.17) is 0 Å². The van der Waals surface area contributed by atoms with E-state index in [2.05, 4.69) is 10.2 Å². The van der Waals surface area contributed by atoms with Crippen LogP contribution in [0.3, 0.4) is 0 Å². The SMILES string of the molecule is CC1(O)CN(C2CCCNCC2)C1. The zero-order valence-corrected chi connectivity index (χ0v) is 8.42. The van der Waals surface area contributed by atoms with E-state index < -0.39 is 5.60 Å². The molecule has 0 aliphatic carbocycles. The largest absolute Gasteiger partial charge is 0.388 e. The second kappa shape index (κ2) is 3.56. The van der Waals surface area contributed by atoms with Crippen LogP contribution in [0.2, 0.25) is 0 Å². The minimum Gasteiger partial charge on any atom is -0.388 e. The normalized spacial score (nSPS) is 35.1. The minimum atomic E-state index is -0.403. The average molecular weight is 184 g/mol. The van der Waals surface area contributed by atoms with Gasteiger partial charge in [0.2, 0.25) is 0 Å². The third kappa shape index (κ3) is 2.22. The molecule has 1 atom stereocenters. The van der Waals surface area contributed by atoms with Crippen molar-refractivity contribution in [2.45, 2.75) is 37.8 Å². The molecule has 0 radical (unpaired) electrons. The quantitative estimate of drug-likeness (QED) is 0.611. The molecule has 0 amide bonds. The molecule has 0 spiro atoms. The van der Waals surface area contributed by atoms with Gasteiger partial charge in [0.1, 0.15) is 0 Å². The third-order valence-electron chi connectivity index (χ3n) is 3.15. The van der Waals surface area contributed by atoms with Gasteiger partial charge in [0.25, 0.3) is 0 Å². The summed E-state index contributed by atoms with van der Waals surface area (Å²) in [4.78, 5) is 2.42. The van der Waals surface area contributed by atoms with Gasteiger partial charge in [-0.2, -0.15) is 0 Å². The minimum absolute atomic E-state index is 0.403. The van der Waals surface area contributed by atoms with E-state index in [9.17, 15) is 5.11 Å². The highest BCUT2D eigenvalue weighted by Crippen LogP contribution is 2.26. The van der Waals surface area contributed by atoms with E-state index in [0.29, 0.717) is 0 Å². The topological polar surface area (TPSA) is 35.5 Å². The molecule has 2 saturated heterocycles. The van der Waals surface area contributed by atoms with Crippen molar-refractivity contribution in [1.82, 2.24) is 10.2 Å². The number of nitrogens with one attached hydrogen (secondary N) is 1. The first kappa shape index (κ1) is 9.44. The van der Waals surface area contributed by atoms with E-state index in [1.165, 1.54) is 25.8 Å². The number of β-amino-alcohol motifs (C(OH)–C–C–N with tert-alkyl or cyclic N) is 1. The molecule has 0 aromatic rings. The van der Waals surface area contributed by atoms with E-state index in [0.717, 1.165) is 25.7 Å². The first-order chi connectivity index (χ1) is 6.17. The summed E-state index contributed by atoms with van der Waals surface area (Å²) in [5, 5.41) is 13.0. The lowest BCUT2D eigenvalue weighted by Gasteiger charge is -2.48. The summed E-state index contributed by atoms with van der Waals surface area (Å²) >= 11 is 0. The van der Waals surface area contributed by atoms with Gasteiger partial charge in [0, 0.05) is 19.1 Å². The Bertz CT molecular complexity index is 166. The van der Waals surface area contributed by atoms with Crippen LogP contribution < -0.4 is 5.32 Å². The van der Waals surface area contributed by atoms with Crippen molar-refractivity contribution in [1.29, 1.82) is 0 Å². The maximum Gasteiger partial charge on any atom is 0.0872 e. The van der Waals surface area contributed by atoms with Gasteiger partial charge in [-0.1, -0.05) is 0 Å². The molecule has 0 aromatic heterocycles. The number of nitrogens with zero attached hydrogens (tertiary/aromatic N) is 1. The summed E-state index contributed by atoms with van der Waals surface area (Å²) in [7, 11) is 0. The molecule has 0 bridgehead atoms. The predicted molar refractivity (Wildman–Crippen MR) is 52.7 cm³/mol. The lowest BCUT2D eigenvalue weighted by molar-refractivity contribution is -0.103. The van der Waals surface area contributed by atoms with Gasteiger partial charge in [-0.15, -0.1) is 0 Å². The number of rotatable bonds is 1. The first-order valence-corrected chi connectivity index (χ1v) is 5.34. The van der Waals surface area contributed by atoms with Crippen molar-refractivity contribution in [3.05, 3.63) is 0 Å². The standard InChI is InChI=1S/C10H20N2O/c1-10(13)7-12(8-10)9-3-2-5-11-6-4-9/h9,11,13H,2-8H2,1H3. The average Bonchev–Trinajstić information content (AvgIpc) is 2.26. The highest BCUT2D eigenvalue weighted by atomic mass is 16.3. The lowest BCUT2D eigenvalue weighted by Crippen LogP contribution is -2.63. The lowest BCUT2D eigenvalue weighted by atomic mass is 9.92. The van der Waals surface area contributed by atoms with Crippen LogP contribution in [-0.2, 0) is 0 Å². The molecule has 2 N–H and O–H groups in total. The molecule has 2 aliphatic rings. The molecule has 3 heteroatoms. The van der Waals surface area contributed by atoms with Crippen molar-refractivity contribution >= 4 is 0 Å². The Labute approximate surface area is 80.1 Å². The zero-order chi connectivity index (χ0) is 9.31. The van der Waals surface area contributed by atoms with Gasteiger partial charge in [-0.3, -0.25) is 4.90 Å². The van der Waals surface area contributed by atoms with Crippen molar-refractivity contribution in [3.8, 4) is 0 Å². The molecule has 1 unspecified atom stereocenters. The van der Waals surface area contributed by atoms with Crippen molar-refractivity contribution in [2.24, 2.45) is 0 Å². The Hall–Kier alpha value is -0.120. The van der Waals surface area contributed by atoms with Crippen LogP contribution in [-0.4, -0.2) is 47.8 Å². The Kier molecular flexibility index (Phi) is 2.58. The Morgan fingerprint density at radius 2 is 2.08 bits per heavy atom. The van der Waals surface area contributed by atoms with Gasteiger partial charge >= 0.3 is 0 Å². The van der Waals surface area contributed by atoms with Gasteiger partial charge in [-0.05, 0) is 39.3 Å². The Morgan fingerprint density at radius 1 is 1.31 bits per heavy atom. The molecule has 2 rings (SSSR count). The summed E-state index contributed by atoms with van der Waals surface area (Å²) in [6.45, 7) is 5.98. The second-order valence-corrected chi connectivity index (χ2v) is 4.74. The number of hydrogen-bond acceptors (Lipinski definition) is 3. The summed E-state index contributed by atoms with van der Waals surface area (Å²) in [5.74, 6) is 0. The number of likely N-dealkylation sites (tertiary alicyclic amines) is 1. The highest BCUT2D eigenvalue weighted by Gasteiger charge is 2.39. The van der Waals surface area contributed by atoms with E-state index in [1.54, 1.807) is 0 Å². The summed E-state index contributed by atoms with van der Waals surface area (Å²) in [6.07, 6.45) is 3.82. The van der Waals surface area contributed by atoms with E-state index >= 15 is 0 Å². The van der Waals surface area contributed by atoms with Gasteiger partial charge in [-0.25, -0.2) is 0 Å². The van der Waals surface area contributed by atoms with Crippen LogP contribution in [0.15, 0.2) is 0 Å². The molecule has 2 fully saturated rings. The molecule has 76 valence electrons. The van der Waals surface area contributed by atoms with Crippen LogP contribution in [0.1, 0.15) is 26.2 Å². The molecular formula is C10H20N2O. The molecule has 3 nitrogen and oxygen atoms in total. The fraction of sp³-hybridized carbons (Fsp3) is 1.00. The van der Waals surface area contributed by atoms with Crippen molar-refractivity contribution < 1.29 is 5.11 Å². The van der Waals surface area contributed by atoms with Crippen LogP contribution >= 0.6 is 0 Å². The number of aliphatic hydroxyl groups is 1. The summed E-state index contributed by atoms with van der Waals surface area (Å²) in [5.41, 5.74) is -0.403. The van der Waals surface area contributed by atoms with E-state index in [1.807, 2.05) is 6.92 Å². The fourth-order valence-electron chi connectivity index (χ4n) is 2.45. The number of hydrogen-bond donors (Lipinski definition) is 2. The Balaban J connectivity index is 1.80. The Morgan fingerprint density at radius 3 is 2.77 bits per heavy atom. The molecule has 2 aliphatic heterocycles. The van der Waals surface area contributed by atoms with Crippen LogP contribution in [0, 0.1) is 0 Å². The fourth-order valence-corrected chi connectivity index (χ4v) is 2.45. The second-order valence-electron chi connectivity index (χ2n) is 4.74.